The number of benzene rings is 2. The molecular formula is C24H27NO2. The smallest absolute Gasteiger partial charge is 0.223 e. The molecule has 1 amide bonds. The second kappa shape index (κ2) is 7.30. The number of amides is 1. The maximum Gasteiger partial charge on any atom is 0.223 e. The summed E-state index contributed by atoms with van der Waals surface area (Å²) >= 11 is 0. The van der Waals surface area contributed by atoms with E-state index in [0.717, 1.165) is 36.8 Å². The van der Waals surface area contributed by atoms with Gasteiger partial charge in [0.1, 0.15) is 5.78 Å². The lowest BCUT2D eigenvalue weighted by atomic mass is 9.79. The molecule has 140 valence electrons. The first kappa shape index (κ1) is 18.0. The van der Waals surface area contributed by atoms with E-state index in [2.05, 4.69) is 49.5 Å². The Labute approximate surface area is 161 Å². The zero-order chi connectivity index (χ0) is 19.0. The third-order valence-electron chi connectivity index (χ3n) is 6.46. The van der Waals surface area contributed by atoms with Gasteiger partial charge in [0.05, 0.1) is 6.04 Å². The van der Waals surface area contributed by atoms with Crippen molar-refractivity contribution in [3.63, 3.8) is 0 Å². The van der Waals surface area contributed by atoms with E-state index >= 15 is 0 Å². The van der Waals surface area contributed by atoms with Crippen molar-refractivity contribution in [2.45, 2.75) is 45.6 Å². The Balaban J connectivity index is 1.59. The maximum absolute atomic E-state index is 13.1. The molecule has 0 aromatic heterocycles. The normalized spacial score (nSPS) is 25.3. The highest BCUT2D eigenvalue weighted by Crippen LogP contribution is 2.42. The molecule has 2 saturated carbocycles. The number of carbonyl (C=O) groups is 2. The summed E-state index contributed by atoms with van der Waals surface area (Å²) in [6.07, 6.45) is 3.37. The highest BCUT2D eigenvalue weighted by Gasteiger charge is 2.43. The number of fused-ring (bicyclic) bond motifs is 2. The molecule has 2 aliphatic rings. The number of hydrogen-bond donors (Lipinski definition) is 1. The van der Waals surface area contributed by atoms with Gasteiger partial charge in [-0.1, -0.05) is 48.5 Å². The average Bonchev–Trinajstić information content (AvgIpc) is 2.89. The van der Waals surface area contributed by atoms with E-state index in [9.17, 15) is 9.59 Å². The summed E-state index contributed by atoms with van der Waals surface area (Å²) in [7, 11) is 0. The van der Waals surface area contributed by atoms with E-state index in [-0.39, 0.29) is 29.7 Å². The van der Waals surface area contributed by atoms with Crippen LogP contribution in [-0.4, -0.2) is 11.7 Å². The van der Waals surface area contributed by atoms with E-state index in [0.29, 0.717) is 5.78 Å². The summed E-state index contributed by atoms with van der Waals surface area (Å²) in [6.45, 7) is 4.21. The highest BCUT2D eigenvalue weighted by molar-refractivity contribution is 5.89. The fourth-order valence-electron chi connectivity index (χ4n) is 4.69. The monoisotopic (exact) mass is 361 g/mol. The summed E-state index contributed by atoms with van der Waals surface area (Å²) < 4.78 is 0. The van der Waals surface area contributed by atoms with E-state index in [4.69, 9.17) is 0 Å². The van der Waals surface area contributed by atoms with Gasteiger partial charge in [-0.2, -0.15) is 0 Å². The Kier molecular flexibility index (Phi) is 4.86. The average molecular weight is 361 g/mol. The van der Waals surface area contributed by atoms with Crippen LogP contribution in [-0.2, 0) is 9.59 Å². The molecule has 27 heavy (non-hydrogen) atoms. The van der Waals surface area contributed by atoms with Crippen molar-refractivity contribution in [1.29, 1.82) is 0 Å². The Morgan fingerprint density at radius 3 is 2.22 bits per heavy atom. The Morgan fingerprint density at radius 1 is 0.926 bits per heavy atom. The van der Waals surface area contributed by atoms with Crippen molar-refractivity contribution in [3.8, 4) is 0 Å². The number of aryl methyl sites for hydroxylation is 2. The minimum Gasteiger partial charge on any atom is -0.345 e. The molecule has 3 heteroatoms. The summed E-state index contributed by atoms with van der Waals surface area (Å²) in [4.78, 5) is 25.3. The van der Waals surface area contributed by atoms with Crippen LogP contribution in [0.1, 0.15) is 54.0 Å². The molecule has 1 N–H and O–H groups in total. The zero-order valence-corrected chi connectivity index (χ0v) is 16.1. The third-order valence-corrected chi connectivity index (χ3v) is 6.46. The maximum atomic E-state index is 13.1. The van der Waals surface area contributed by atoms with Gasteiger partial charge in [-0.25, -0.2) is 0 Å². The molecule has 2 fully saturated rings. The number of rotatable bonds is 4. The molecule has 0 aliphatic heterocycles. The van der Waals surface area contributed by atoms with Gasteiger partial charge in [-0.3, -0.25) is 9.59 Å². The van der Waals surface area contributed by atoms with Gasteiger partial charge in [-0.05, 0) is 61.8 Å². The van der Waals surface area contributed by atoms with Crippen LogP contribution in [0.25, 0.3) is 0 Å². The number of ketones is 1. The molecular weight excluding hydrogens is 334 g/mol. The van der Waals surface area contributed by atoms with Gasteiger partial charge < -0.3 is 5.32 Å². The van der Waals surface area contributed by atoms with Crippen molar-refractivity contribution in [3.05, 3.63) is 70.8 Å². The Morgan fingerprint density at radius 2 is 1.59 bits per heavy atom. The number of hydrogen-bond acceptors (Lipinski definition) is 2. The largest absolute Gasteiger partial charge is 0.345 e. The predicted molar refractivity (Wildman–Crippen MR) is 106 cm³/mol. The molecule has 0 spiro atoms. The van der Waals surface area contributed by atoms with Crippen molar-refractivity contribution >= 4 is 11.7 Å². The first-order valence-corrected chi connectivity index (χ1v) is 9.99. The van der Waals surface area contributed by atoms with Crippen LogP contribution >= 0.6 is 0 Å². The van der Waals surface area contributed by atoms with Crippen LogP contribution < -0.4 is 5.32 Å². The van der Waals surface area contributed by atoms with Gasteiger partial charge in [0.2, 0.25) is 5.91 Å². The highest BCUT2D eigenvalue weighted by atomic mass is 16.2. The number of nitrogens with one attached hydrogen (secondary N) is 1. The first-order chi connectivity index (χ1) is 13.0. The van der Waals surface area contributed by atoms with E-state index in [1.165, 1.54) is 11.1 Å². The fourth-order valence-corrected chi connectivity index (χ4v) is 4.69. The topological polar surface area (TPSA) is 46.2 Å². The van der Waals surface area contributed by atoms with Crippen LogP contribution in [0.5, 0.6) is 0 Å². The SMILES string of the molecule is Cc1ccc([C@@H](NC(=O)C2C[C@H]3CC[C@@H](C2)C3=O)c2ccccc2)cc1C. The number of Topliss-reactive ketones (excluding diaryl/α,β-unsaturated/α-hetero) is 1. The molecule has 2 aromatic rings. The molecule has 0 radical (unpaired) electrons. The predicted octanol–water partition coefficient (Wildman–Crippen LogP) is 4.51. The minimum absolute atomic E-state index is 0.0436. The molecule has 0 heterocycles. The second-order valence-corrected chi connectivity index (χ2v) is 8.24. The van der Waals surface area contributed by atoms with Gasteiger partial charge in [0, 0.05) is 17.8 Å². The van der Waals surface area contributed by atoms with Gasteiger partial charge in [-0.15, -0.1) is 0 Å². The lowest BCUT2D eigenvalue weighted by molar-refractivity contribution is -0.132. The summed E-state index contributed by atoms with van der Waals surface area (Å²) in [5.41, 5.74) is 4.67. The van der Waals surface area contributed by atoms with Crippen LogP contribution in [0.2, 0.25) is 0 Å². The molecule has 2 aliphatic carbocycles. The molecule has 2 bridgehead atoms. The van der Waals surface area contributed by atoms with Gasteiger partial charge in [0.25, 0.3) is 0 Å². The molecule has 2 aromatic carbocycles. The Hall–Kier alpha value is -2.42. The van der Waals surface area contributed by atoms with E-state index < -0.39 is 0 Å². The molecule has 4 atom stereocenters. The first-order valence-electron chi connectivity index (χ1n) is 9.99. The lowest BCUT2D eigenvalue weighted by Crippen LogP contribution is -2.39. The molecule has 4 rings (SSSR count). The molecule has 1 unspecified atom stereocenters. The standard InChI is InChI=1S/C24H27NO2/c1-15-8-9-18(12-16(15)2)22(17-6-4-3-5-7-17)25-24(27)21-13-19-10-11-20(14-21)23(19)26/h3-9,12,19-22H,10-11,13-14H2,1-2H3,(H,25,27)/t19-,20+,21?,22-/m0/s1. The second-order valence-electron chi connectivity index (χ2n) is 8.24. The van der Waals surface area contributed by atoms with Crippen LogP contribution in [0.3, 0.4) is 0 Å². The van der Waals surface area contributed by atoms with Gasteiger partial charge >= 0.3 is 0 Å². The van der Waals surface area contributed by atoms with Crippen molar-refractivity contribution in [1.82, 2.24) is 5.32 Å². The quantitative estimate of drug-likeness (QED) is 0.871. The van der Waals surface area contributed by atoms with Crippen molar-refractivity contribution in [2.24, 2.45) is 17.8 Å². The summed E-state index contributed by atoms with van der Waals surface area (Å²) in [6, 6.07) is 16.4. The third kappa shape index (κ3) is 3.55. The molecule has 0 saturated heterocycles. The lowest BCUT2D eigenvalue weighted by Gasteiger charge is -2.28. The van der Waals surface area contributed by atoms with E-state index in [1.807, 2.05) is 18.2 Å². The Bertz CT molecular complexity index is 842. The minimum atomic E-state index is -0.159. The molecule has 3 nitrogen and oxygen atoms in total. The summed E-state index contributed by atoms with van der Waals surface area (Å²) in [5.74, 6) is 0.657. The van der Waals surface area contributed by atoms with Crippen LogP contribution in [0, 0.1) is 31.6 Å². The van der Waals surface area contributed by atoms with Crippen LogP contribution in [0.15, 0.2) is 48.5 Å². The zero-order valence-electron chi connectivity index (χ0n) is 16.1. The van der Waals surface area contributed by atoms with Crippen molar-refractivity contribution in [2.75, 3.05) is 0 Å². The fraction of sp³-hybridized carbons (Fsp3) is 0.417. The van der Waals surface area contributed by atoms with E-state index in [1.54, 1.807) is 0 Å². The van der Waals surface area contributed by atoms with Gasteiger partial charge in [0.15, 0.2) is 0 Å². The van der Waals surface area contributed by atoms with Crippen LogP contribution in [0.4, 0.5) is 0 Å². The van der Waals surface area contributed by atoms with Crippen molar-refractivity contribution < 1.29 is 9.59 Å². The number of carbonyl (C=O) groups excluding carboxylic acids is 2. The summed E-state index contributed by atoms with van der Waals surface area (Å²) in [5, 5.41) is 3.30.